The molecule has 1 heterocycles. The lowest BCUT2D eigenvalue weighted by atomic mass is 9.96. The number of benzene rings is 1. The summed E-state index contributed by atoms with van der Waals surface area (Å²) in [7, 11) is 1.99. The first-order chi connectivity index (χ1) is 8.67. The lowest BCUT2D eigenvalue weighted by Gasteiger charge is -2.15. The Morgan fingerprint density at radius 1 is 1.28 bits per heavy atom. The second kappa shape index (κ2) is 5.36. The lowest BCUT2D eigenvalue weighted by molar-refractivity contribution is 0.652. The normalized spacial score (nSPS) is 12.7. The van der Waals surface area contributed by atoms with Crippen LogP contribution >= 0.6 is 0 Å². The topological polar surface area (TPSA) is 29.9 Å². The fourth-order valence-electron chi connectivity index (χ4n) is 2.22. The number of hydrogen-bond acceptors (Lipinski definition) is 2. The highest BCUT2D eigenvalue weighted by Gasteiger charge is 2.13. The van der Waals surface area contributed by atoms with Gasteiger partial charge in [0.25, 0.3) is 0 Å². The molecule has 0 spiro atoms. The van der Waals surface area contributed by atoms with E-state index in [0.717, 1.165) is 12.2 Å². The average molecular weight is 243 g/mol. The van der Waals surface area contributed by atoms with Gasteiger partial charge >= 0.3 is 0 Å². The number of rotatable bonds is 4. The number of nitrogens with one attached hydrogen (secondary N) is 1. The van der Waals surface area contributed by atoms with Crippen molar-refractivity contribution in [3.8, 4) is 11.1 Å². The van der Waals surface area contributed by atoms with E-state index in [0.29, 0.717) is 6.04 Å². The maximum Gasteiger partial charge on any atom is 0.0672 e. The molecule has 0 saturated carbocycles. The molecule has 3 nitrogen and oxygen atoms in total. The molecule has 0 fully saturated rings. The van der Waals surface area contributed by atoms with Crippen molar-refractivity contribution >= 4 is 0 Å². The van der Waals surface area contributed by atoms with Crippen LogP contribution in [0.25, 0.3) is 11.1 Å². The Morgan fingerprint density at radius 2 is 2.00 bits per heavy atom. The van der Waals surface area contributed by atoms with Crippen LogP contribution in [0, 0.1) is 6.92 Å². The van der Waals surface area contributed by atoms with Crippen molar-refractivity contribution in [3.05, 3.63) is 41.7 Å². The van der Waals surface area contributed by atoms with Gasteiger partial charge in [0.1, 0.15) is 0 Å². The van der Waals surface area contributed by atoms with E-state index >= 15 is 0 Å². The molecular formula is C15H21N3. The minimum atomic E-state index is 0.338. The van der Waals surface area contributed by atoms with Crippen LogP contribution in [-0.4, -0.2) is 16.8 Å². The maximum atomic E-state index is 4.53. The van der Waals surface area contributed by atoms with Crippen LogP contribution in [0.15, 0.2) is 30.5 Å². The molecule has 0 saturated heterocycles. The Morgan fingerprint density at radius 3 is 2.61 bits per heavy atom. The van der Waals surface area contributed by atoms with Gasteiger partial charge < -0.3 is 5.32 Å². The van der Waals surface area contributed by atoms with Gasteiger partial charge in [-0.25, -0.2) is 0 Å². The molecule has 18 heavy (non-hydrogen) atoms. The van der Waals surface area contributed by atoms with Crippen LogP contribution in [0.3, 0.4) is 0 Å². The van der Waals surface area contributed by atoms with Crippen LogP contribution in [-0.2, 0) is 6.54 Å². The fourth-order valence-corrected chi connectivity index (χ4v) is 2.22. The molecule has 0 amide bonds. The third kappa shape index (κ3) is 2.31. The molecule has 1 N–H and O–H groups in total. The first-order valence-electron chi connectivity index (χ1n) is 6.48. The Hall–Kier alpha value is -1.61. The molecule has 1 unspecified atom stereocenters. The third-order valence-corrected chi connectivity index (χ3v) is 3.42. The molecule has 3 heteroatoms. The van der Waals surface area contributed by atoms with E-state index in [1.54, 1.807) is 0 Å². The predicted molar refractivity (Wildman–Crippen MR) is 75.5 cm³/mol. The quantitative estimate of drug-likeness (QED) is 0.894. The predicted octanol–water partition coefficient (Wildman–Crippen LogP) is 3.16. The van der Waals surface area contributed by atoms with Gasteiger partial charge in [-0.05, 0) is 38.9 Å². The van der Waals surface area contributed by atoms with Gasteiger partial charge in [0, 0.05) is 24.3 Å². The summed E-state index contributed by atoms with van der Waals surface area (Å²) in [5.74, 6) is 0. The Bertz CT molecular complexity index is 528. The van der Waals surface area contributed by atoms with E-state index in [4.69, 9.17) is 0 Å². The van der Waals surface area contributed by atoms with E-state index in [1.165, 1.54) is 16.7 Å². The SMILES string of the molecule is CCn1cc(-c2ccccc2C(C)NC)c(C)n1. The molecule has 1 atom stereocenters. The highest BCUT2D eigenvalue weighted by atomic mass is 15.3. The molecule has 1 aromatic carbocycles. The minimum absolute atomic E-state index is 0.338. The fraction of sp³-hybridized carbons (Fsp3) is 0.400. The van der Waals surface area contributed by atoms with Gasteiger partial charge in [-0.15, -0.1) is 0 Å². The molecule has 0 bridgehead atoms. The second-order valence-corrected chi connectivity index (χ2v) is 4.58. The summed E-state index contributed by atoms with van der Waals surface area (Å²) < 4.78 is 1.99. The van der Waals surface area contributed by atoms with Gasteiger partial charge in [0.05, 0.1) is 5.69 Å². The molecule has 0 aliphatic rings. The molecule has 2 rings (SSSR count). The summed E-state index contributed by atoms with van der Waals surface area (Å²) in [6, 6.07) is 8.87. The summed E-state index contributed by atoms with van der Waals surface area (Å²) in [5.41, 5.74) is 4.91. The van der Waals surface area contributed by atoms with E-state index < -0.39 is 0 Å². The molecular weight excluding hydrogens is 222 g/mol. The zero-order chi connectivity index (χ0) is 13.1. The molecule has 1 aromatic heterocycles. The Kier molecular flexibility index (Phi) is 3.82. The highest BCUT2D eigenvalue weighted by Crippen LogP contribution is 2.29. The molecule has 0 aliphatic heterocycles. The molecule has 0 aliphatic carbocycles. The minimum Gasteiger partial charge on any atom is -0.313 e. The van der Waals surface area contributed by atoms with Crippen LogP contribution < -0.4 is 5.32 Å². The van der Waals surface area contributed by atoms with Crippen molar-refractivity contribution in [2.24, 2.45) is 0 Å². The average Bonchev–Trinajstić information content (AvgIpc) is 2.79. The second-order valence-electron chi connectivity index (χ2n) is 4.58. The smallest absolute Gasteiger partial charge is 0.0672 e. The molecule has 0 radical (unpaired) electrons. The number of aryl methyl sites for hydroxylation is 2. The molecule has 96 valence electrons. The first-order valence-corrected chi connectivity index (χ1v) is 6.48. The van der Waals surface area contributed by atoms with E-state index in [2.05, 4.69) is 61.6 Å². The van der Waals surface area contributed by atoms with Crippen LogP contribution in [0.4, 0.5) is 0 Å². The van der Waals surface area contributed by atoms with Crippen molar-refractivity contribution in [1.82, 2.24) is 15.1 Å². The van der Waals surface area contributed by atoms with Gasteiger partial charge in [0.15, 0.2) is 0 Å². The van der Waals surface area contributed by atoms with Gasteiger partial charge in [-0.2, -0.15) is 5.10 Å². The van der Waals surface area contributed by atoms with E-state index in [-0.39, 0.29) is 0 Å². The summed E-state index contributed by atoms with van der Waals surface area (Å²) in [4.78, 5) is 0. The first kappa shape index (κ1) is 12.8. The number of hydrogen-bond donors (Lipinski definition) is 1. The van der Waals surface area contributed by atoms with Crippen molar-refractivity contribution in [3.63, 3.8) is 0 Å². The molecule has 2 aromatic rings. The zero-order valence-corrected chi connectivity index (χ0v) is 11.6. The summed E-state index contributed by atoms with van der Waals surface area (Å²) in [6.45, 7) is 7.27. The maximum absolute atomic E-state index is 4.53. The van der Waals surface area contributed by atoms with Crippen molar-refractivity contribution in [1.29, 1.82) is 0 Å². The van der Waals surface area contributed by atoms with Crippen molar-refractivity contribution < 1.29 is 0 Å². The third-order valence-electron chi connectivity index (χ3n) is 3.42. The largest absolute Gasteiger partial charge is 0.313 e. The standard InChI is InChI=1S/C15H21N3/c1-5-18-10-15(12(3)17-18)14-9-7-6-8-13(14)11(2)16-4/h6-11,16H,5H2,1-4H3. The lowest BCUT2D eigenvalue weighted by Crippen LogP contribution is -2.13. The number of aromatic nitrogens is 2. The van der Waals surface area contributed by atoms with Crippen LogP contribution in [0.1, 0.15) is 31.1 Å². The monoisotopic (exact) mass is 243 g/mol. The Labute approximate surface area is 109 Å². The van der Waals surface area contributed by atoms with E-state index in [1.807, 2.05) is 11.7 Å². The Balaban J connectivity index is 2.52. The van der Waals surface area contributed by atoms with Crippen LogP contribution in [0.2, 0.25) is 0 Å². The van der Waals surface area contributed by atoms with Gasteiger partial charge in [-0.3, -0.25) is 4.68 Å². The van der Waals surface area contributed by atoms with Gasteiger partial charge in [-0.1, -0.05) is 24.3 Å². The van der Waals surface area contributed by atoms with E-state index in [9.17, 15) is 0 Å². The van der Waals surface area contributed by atoms with Crippen LogP contribution in [0.5, 0.6) is 0 Å². The summed E-state index contributed by atoms with van der Waals surface area (Å²) in [5, 5.41) is 7.83. The van der Waals surface area contributed by atoms with Crippen molar-refractivity contribution in [2.45, 2.75) is 33.4 Å². The zero-order valence-electron chi connectivity index (χ0n) is 11.6. The van der Waals surface area contributed by atoms with Crippen molar-refractivity contribution in [2.75, 3.05) is 7.05 Å². The van der Waals surface area contributed by atoms with Gasteiger partial charge in [0.2, 0.25) is 0 Å². The summed E-state index contributed by atoms with van der Waals surface area (Å²) in [6.07, 6.45) is 2.14. The highest BCUT2D eigenvalue weighted by molar-refractivity contribution is 5.69. The summed E-state index contributed by atoms with van der Waals surface area (Å²) >= 11 is 0. The number of nitrogens with zero attached hydrogens (tertiary/aromatic N) is 2.